The molecule has 0 radical (unpaired) electrons. The summed E-state index contributed by atoms with van der Waals surface area (Å²) < 4.78 is 26.2. The van der Waals surface area contributed by atoms with E-state index in [0.717, 1.165) is 0 Å². The first-order valence-electron chi connectivity index (χ1n) is 10.3. The second-order valence-electron chi connectivity index (χ2n) is 7.33. The number of benzene rings is 1. The first-order chi connectivity index (χ1) is 17.3. The van der Waals surface area contributed by atoms with Gasteiger partial charge >= 0.3 is 11.9 Å². The van der Waals surface area contributed by atoms with Gasteiger partial charge in [-0.05, 0) is 36.3 Å². The van der Waals surface area contributed by atoms with E-state index in [-0.39, 0.29) is 17.3 Å². The lowest BCUT2D eigenvalue weighted by Crippen LogP contribution is -2.47. The monoisotopic (exact) mass is 533 g/mol. The summed E-state index contributed by atoms with van der Waals surface area (Å²) in [5.41, 5.74) is 5.65. The number of ether oxygens (including phenoxy) is 1. The molecule has 0 saturated heterocycles. The molecular formula is C22H18Cl2FN7O4. The summed E-state index contributed by atoms with van der Waals surface area (Å²) in [6, 6.07) is 5.74. The number of carbonyl (C=O) groups is 2. The van der Waals surface area contributed by atoms with E-state index >= 15 is 4.39 Å². The second kappa shape index (κ2) is 10.6. The fraction of sp³-hybridized carbons (Fsp3) is 0.136. The fourth-order valence-corrected chi connectivity index (χ4v) is 3.85. The Labute approximate surface area is 213 Å². The van der Waals surface area contributed by atoms with Gasteiger partial charge in [0.1, 0.15) is 5.82 Å². The highest BCUT2D eigenvalue weighted by Crippen LogP contribution is 2.35. The van der Waals surface area contributed by atoms with Gasteiger partial charge < -0.3 is 14.6 Å². The number of hydrogen-bond donors (Lipinski definition) is 3. The van der Waals surface area contributed by atoms with Gasteiger partial charge in [0.15, 0.2) is 0 Å². The van der Waals surface area contributed by atoms with Crippen molar-refractivity contribution in [1.29, 1.82) is 0 Å². The number of nitrogens with zero attached hydrogens (tertiary/aromatic N) is 4. The van der Waals surface area contributed by atoms with Gasteiger partial charge in [0.25, 0.3) is 5.88 Å². The molecule has 4 aromatic rings. The first kappa shape index (κ1) is 24.9. The summed E-state index contributed by atoms with van der Waals surface area (Å²) in [5.74, 6) is -1.53. The summed E-state index contributed by atoms with van der Waals surface area (Å²) in [7, 11) is 1.36. The van der Waals surface area contributed by atoms with Crippen LogP contribution in [0.4, 0.5) is 9.18 Å². The highest BCUT2D eigenvalue weighted by molar-refractivity contribution is 6.36. The molecule has 0 fully saturated rings. The number of amides is 3. The third kappa shape index (κ3) is 5.39. The largest absolute Gasteiger partial charge is 0.479 e. The maximum Gasteiger partial charge on any atom is 0.334 e. The molecule has 0 aliphatic carbocycles. The van der Waals surface area contributed by atoms with E-state index in [4.69, 9.17) is 32.5 Å². The van der Waals surface area contributed by atoms with Crippen molar-refractivity contribution in [2.45, 2.75) is 13.0 Å². The Hall–Kier alpha value is -4.16. The molecule has 3 N–H and O–H groups in total. The van der Waals surface area contributed by atoms with Crippen molar-refractivity contribution in [2.24, 2.45) is 0 Å². The molecule has 3 amide bonds. The van der Waals surface area contributed by atoms with Gasteiger partial charge in [0, 0.05) is 34.7 Å². The zero-order chi connectivity index (χ0) is 25.8. The van der Waals surface area contributed by atoms with Crippen LogP contribution in [0.1, 0.15) is 29.2 Å². The molecule has 0 aliphatic rings. The van der Waals surface area contributed by atoms with E-state index in [1.54, 1.807) is 30.6 Å². The smallest absolute Gasteiger partial charge is 0.334 e. The number of rotatable bonds is 6. The fourth-order valence-electron chi connectivity index (χ4n) is 3.27. The highest BCUT2D eigenvalue weighted by atomic mass is 35.5. The molecular weight excluding hydrogens is 516 g/mol. The van der Waals surface area contributed by atoms with Crippen molar-refractivity contribution in [1.82, 2.24) is 36.1 Å². The lowest BCUT2D eigenvalue weighted by molar-refractivity contribution is 0.0898. The van der Waals surface area contributed by atoms with Crippen LogP contribution in [0.25, 0.3) is 16.8 Å². The van der Waals surface area contributed by atoms with Crippen LogP contribution < -0.4 is 20.9 Å². The van der Waals surface area contributed by atoms with E-state index < -0.39 is 23.8 Å². The lowest BCUT2D eigenvalue weighted by atomic mass is 10.0. The topological polar surface area (TPSA) is 136 Å². The van der Waals surface area contributed by atoms with Crippen molar-refractivity contribution in [3.63, 3.8) is 0 Å². The minimum Gasteiger partial charge on any atom is -0.479 e. The van der Waals surface area contributed by atoms with E-state index in [0.29, 0.717) is 26.9 Å². The Morgan fingerprint density at radius 2 is 2.00 bits per heavy atom. The minimum absolute atomic E-state index is 0.0334. The number of nitrogens with one attached hydrogen (secondary N) is 3. The molecule has 4 rings (SSSR count). The summed E-state index contributed by atoms with van der Waals surface area (Å²) in [5, 5.41) is 10.8. The maximum atomic E-state index is 15.1. The molecule has 0 aliphatic heterocycles. The van der Waals surface area contributed by atoms with Gasteiger partial charge in [-0.3, -0.25) is 15.2 Å². The summed E-state index contributed by atoms with van der Waals surface area (Å²) in [4.78, 5) is 28.3. The van der Waals surface area contributed by atoms with Crippen LogP contribution in [0.2, 0.25) is 10.0 Å². The Morgan fingerprint density at radius 3 is 2.67 bits per heavy atom. The molecule has 14 heteroatoms. The number of urea groups is 1. The SMILES string of the molecule is COc1cc(C(=O)NNC(=O)N[C@H](C)c2ncc(-c3cc(Cl)cc(Cl)c3-n3cccn3)cc2F)on1. The van der Waals surface area contributed by atoms with E-state index in [9.17, 15) is 9.59 Å². The van der Waals surface area contributed by atoms with Crippen LogP contribution in [0.3, 0.4) is 0 Å². The Balaban J connectivity index is 1.47. The molecule has 1 atom stereocenters. The molecule has 3 aromatic heterocycles. The van der Waals surface area contributed by atoms with Gasteiger partial charge in [-0.2, -0.15) is 5.10 Å². The Bertz CT molecular complexity index is 1410. The molecule has 186 valence electrons. The molecule has 1 aromatic carbocycles. The standard InChI is InChI=1S/C22H18Cl2FN7O4/c1-11(28-22(34)30-29-21(33)17-9-18(35-2)31-36-17)19-16(25)6-12(10-26-19)14-7-13(23)8-15(24)20(14)32-5-3-4-27-32/h3-11H,1-2H3,(H,29,33)(H2,28,30,34)/t11-/m1/s1. The van der Waals surface area contributed by atoms with Crippen LogP contribution in [-0.2, 0) is 0 Å². The molecule has 0 spiro atoms. The van der Waals surface area contributed by atoms with Gasteiger partial charge in [-0.1, -0.05) is 23.2 Å². The molecule has 0 unspecified atom stereocenters. The molecule has 3 heterocycles. The maximum absolute atomic E-state index is 15.1. The third-order valence-corrected chi connectivity index (χ3v) is 5.42. The van der Waals surface area contributed by atoms with E-state index in [1.165, 1.54) is 37.0 Å². The number of pyridine rings is 1. The number of hydrazine groups is 1. The number of hydrogen-bond acceptors (Lipinski definition) is 7. The van der Waals surface area contributed by atoms with Gasteiger partial charge in [-0.15, -0.1) is 0 Å². The van der Waals surface area contributed by atoms with Crippen LogP contribution in [-0.4, -0.2) is 39.0 Å². The van der Waals surface area contributed by atoms with E-state index in [2.05, 4.69) is 31.4 Å². The molecule has 36 heavy (non-hydrogen) atoms. The van der Waals surface area contributed by atoms with Crippen LogP contribution >= 0.6 is 23.2 Å². The normalized spacial score (nSPS) is 11.6. The third-order valence-electron chi connectivity index (χ3n) is 4.91. The van der Waals surface area contributed by atoms with Crippen molar-refractivity contribution < 1.29 is 23.2 Å². The second-order valence-corrected chi connectivity index (χ2v) is 8.18. The molecule has 0 bridgehead atoms. The van der Waals surface area contributed by atoms with Gasteiger partial charge in [0.2, 0.25) is 5.76 Å². The quantitative estimate of drug-likeness (QED) is 0.317. The predicted molar refractivity (Wildman–Crippen MR) is 127 cm³/mol. The molecule has 0 saturated carbocycles. The van der Waals surface area contributed by atoms with Gasteiger partial charge in [0.05, 0.1) is 35.6 Å². The van der Waals surface area contributed by atoms with Crippen LogP contribution in [0.5, 0.6) is 5.88 Å². The highest BCUT2D eigenvalue weighted by Gasteiger charge is 2.20. The Morgan fingerprint density at radius 1 is 1.19 bits per heavy atom. The number of halogens is 3. The number of carbonyl (C=O) groups excluding carboxylic acids is 2. The summed E-state index contributed by atoms with van der Waals surface area (Å²) in [6.07, 6.45) is 4.71. The van der Waals surface area contributed by atoms with Crippen molar-refractivity contribution in [3.8, 4) is 22.7 Å². The summed E-state index contributed by atoms with van der Waals surface area (Å²) >= 11 is 12.6. The van der Waals surface area contributed by atoms with Gasteiger partial charge in [-0.25, -0.2) is 19.3 Å². The zero-order valence-electron chi connectivity index (χ0n) is 18.8. The lowest BCUT2D eigenvalue weighted by Gasteiger charge is -2.17. The molecule has 11 nitrogen and oxygen atoms in total. The number of methoxy groups -OCH3 is 1. The first-order valence-corrected chi connectivity index (χ1v) is 11.0. The predicted octanol–water partition coefficient (Wildman–Crippen LogP) is 4.08. The summed E-state index contributed by atoms with van der Waals surface area (Å²) in [6.45, 7) is 1.53. The number of aromatic nitrogens is 4. The van der Waals surface area contributed by atoms with Crippen LogP contribution in [0.15, 0.2) is 53.4 Å². The average molecular weight is 534 g/mol. The van der Waals surface area contributed by atoms with E-state index in [1.807, 2.05) is 0 Å². The van der Waals surface area contributed by atoms with Crippen molar-refractivity contribution >= 4 is 35.1 Å². The van der Waals surface area contributed by atoms with Crippen molar-refractivity contribution in [2.75, 3.05) is 7.11 Å². The average Bonchev–Trinajstić information content (AvgIpc) is 3.54. The van der Waals surface area contributed by atoms with Crippen molar-refractivity contribution in [3.05, 3.63) is 76.2 Å². The minimum atomic E-state index is -0.852. The Kier molecular flexibility index (Phi) is 7.36. The zero-order valence-corrected chi connectivity index (χ0v) is 20.3. The van der Waals surface area contributed by atoms with Crippen LogP contribution in [0, 0.1) is 5.82 Å².